The van der Waals surface area contributed by atoms with Crippen LogP contribution in [0.4, 0.5) is 0 Å². The first-order chi connectivity index (χ1) is 12.0. The maximum atomic E-state index is 6.11. The van der Waals surface area contributed by atoms with Gasteiger partial charge in [-0.05, 0) is 0 Å². The van der Waals surface area contributed by atoms with Gasteiger partial charge in [-0.25, -0.2) is 0 Å². The summed E-state index contributed by atoms with van der Waals surface area (Å²) in [5.74, 6) is 2.00. The van der Waals surface area contributed by atoms with Crippen molar-refractivity contribution in [2.45, 2.75) is 43.1 Å². The van der Waals surface area contributed by atoms with E-state index in [0.29, 0.717) is 23.4 Å². The predicted molar refractivity (Wildman–Crippen MR) is 112 cm³/mol. The Labute approximate surface area is 454 Å². The average Bonchev–Trinajstić information content (AvgIpc) is 2.56. The molecule has 46 heavy (non-hydrogen) atoms. The third-order valence-electron chi connectivity index (χ3n) is 3.46. The molecule has 2 nitrogen and oxygen atoms in total. The Morgan fingerprint density at radius 1 is 0.283 bits per heavy atom. The molecule has 4 atom stereocenters. The second-order valence-electron chi connectivity index (χ2n) is 6.56. The maximum absolute atomic E-state index is 6.11. The molecule has 0 bridgehead atoms. The van der Waals surface area contributed by atoms with Crippen molar-refractivity contribution < 1.29 is 333 Å². The minimum atomic E-state index is 0. The second kappa shape index (κ2) is 100. The van der Waals surface area contributed by atoms with Gasteiger partial charge >= 0.3 is 213 Å². The third kappa shape index (κ3) is 86.0. The summed E-state index contributed by atoms with van der Waals surface area (Å²) in [6.45, 7) is 18.4. The van der Waals surface area contributed by atoms with Crippen LogP contribution >= 0.6 is 31.7 Å². The molecule has 4 unspecified atom stereocenters. The zero-order valence-corrected chi connectivity index (χ0v) is 50.9. The molecule has 0 aromatic rings. The Morgan fingerprint density at radius 2 is 0.370 bits per heavy atom. The fraction of sp³-hybridized carbons (Fsp3) is 1.00. The van der Waals surface area contributed by atoms with E-state index in [0.717, 1.165) is 19.7 Å². The summed E-state index contributed by atoms with van der Waals surface area (Å²) >= 11 is 9.74. The first-order valence-corrected chi connectivity index (χ1v) is 22.7. The van der Waals surface area contributed by atoms with Gasteiger partial charge in [-0.15, -0.1) is 0 Å². The number of rotatable bonds is 12. The van der Waals surface area contributed by atoms with Gasteiger partial charge in [0.25, 0.3) is 0 Å². The van der Waals surface area contributed by atoms with Gasteiger partial charge in [0.15, 0.2) is 0 Å². The largest absolute Gasteiger partial charge is 1.00 e. The van der Waals surface area contributed by atoms with Crippen molar-refractivity contribution in [2.75, 3.05) is 53.3 Å². The molecule has 0 rings (SSSR count). The Bertz CT molecular complexity index is 314. The normalized spacial score (nSPS) is 9.48. The van der Waals surface area contributed by atoms with Gasteiger partial charge in [0.1, 0.15) is 0 Å². The van der Waals surface area contributed by atoms with Crippen LogP contribution in [0.5, 0.6) is 0 Å². The maximum Gasteiger partial charge on any atom is -1.00 e. The summed E-state index contributed by atoms with van der Waals surface area (Å²) in [6, 6.07) is 0. The van der Waals surface area contributed by atoms with Crippen LogP contribution in [0.1, 0.15) is 0 Å². The van der Waals surface area contributed by atoms with Crippen molar-refractivity contribution in [3.8, 4) is 0 Å². The number of hydrogen-bond acceptors (Lipinski definition) is 2. The molecular weight excluding hydrogens is 1450 g/mol. The minimum absolute atomic E-state index is 0. The monoisotopic (exact) mass is 1470 g/mol. The van der Waals surface area contributed by atoms with Crippen molar-refractivity contribution in [1.29, 1.82) is 0 Å². The molecule has 0 saturated heterocycles. The van der Waals surface area contributed by atoms with Gasteiger partial charge in [-0.1, -0.05) is 0 Å². The second-order valence-corrected chi connectivity index (χ2v) is 19.6. The molecule has 0 saturated carbocycles. The molecule has 0 amide bonds. The molecular formula is C16H36Cl20O2P4Tc4. The molecule has 0 spiro atoms. The molecule has 0 aliphatic rings. The summed E-state index contributed by atoms with van der Waals surface area (Å²) in [7, 11) is 0.201. The van der Waals surface area contributed by atoms with E-state index >= 15 is 0 Å². The molecule has 300 valence electrons. The van der Waals surface area contributed by atoms with Crippen molar-refractivity contribution in [3.05, 3.63) is 0 Å². The van der Waals surface area contributed by atoms with Crippen LogP contribution in [-0.4, -0.2) is 76.7 Å². The molecule has 0 heterocycles. The summed E-state index contributed by atoms with van der Waals surface area (Å²) in [5, 5.41) is 0. The van der Waals surface area contributed by atoms with Crippen molar-refractivity contribution in [3.63, 3.8) is 0 Å². The van der Waals surface area contributed by atoms with Crippen LogP contribution in [0.15, 0.2) is 0 Å². The predicted octanol–water partition coefficient (Wildman–Crippen LogP) is -53.8. The van der Waals surface area contributed by atoms with Crippen LogP contribution in [0.3, 0.4) is 0 Å². The van der Waals surface area contributed by atoms with E-state index in [1.54, 1.807) is 0 Å². The van der Waals surface area contributed by atoms with E-state index in [9.17, 15) is 0 Å². The molecule has 0 fully saturated rings. The van der Waals surface area contributed by atoms with E-state index in [-0.39, 0.29) is 280 Å². The molecule has 0 aliphatic carbocycles. The number of hydrogen-bond donors (Lipinski definition) is 0. The first-order valence-electron chi connectivity index (χ1n) is 8.26. The molecule has 0 aliphatic heterocycles. The van der Waals surface area contributed by atoms with Crippen molar-refractivity contribution in [2.24, 2.45) is 0 Å². The molecule has 0 aromatic carbocycles. The van der Waals surface area contributed by atoms with E-state index < -0.39 is 0 Å². The van der Waals surface area contributed by atoms with Gasteiger partial charge in [-0.3, -0.25) is 0 Å². The van der Waals surface area contributed by atoms with E-state index in [1.807, 2.05) is 0 Å². The third-order valence-corrected chi connectivity index (χ3v) is 14.4. The van der Waals surface area contributed by atoms with Crippen LogP contribution < -0.4 is 248 Å². The van der Waals surface area contributed by atoms with E-state index in [2.05, 4.69) is 129 Å². The molecule has 0 N–H and O–H groups in total. The summed E-state index contributed by atoms with van der Waals surface area (Å²) in [5.41, 5.74) is 0. The quantitative estimate of drug-likeness (QED) is 0.181. The van der Waals surface area contributed by atoms with Gasteiger partial charge < -0.3 is 248 Å². The Kier molecular flexibility index (Phi) is 319. The Morgan fingerprint density at radius 3 is 0.413 bits per heavy atom. The topological polar surface area (TPSA) is 18.5 Å². The summed E-state index contributed by atoms with van der Waals surface area (Å²) in [4.78, 5) is 4.53. The first kappa shape index (κ1) is 147. The van der Waals surface area contributed by atoms with E-state index in [4.69, 9.17) is 9.47 Å². The average molecular weight is 1490 g/mol. The summed E-state index contributed by atoms with van der Waals surface area (Å²) in [6.07, 6.45) is 0. The smallest absolute Gasteiger partial charge is 1.00 e. The van der Waals surface area contributed by atoms with Crippen molar-refractivity contribution in [1.82, 2.24) is 0 Å². The van der Waals surface area contributed by atoms with Gasteiger partial charge in [-0.2, -0.15) is 0 Å². The van der Waals surface area contributed by atoms with E-state index in [1.165, 1.54) is 0 Å². The SMILES string of the molecule is CP(C)C([CH2][Tc+5])OC([CH2][Tc+5])P(C)C.CP(C)C([CH2][Tc+5])OC([CH2][Tc+5])P(C)C.[Cl-].[Cl-].[Cl-].[Cl-].[Cl-].[Cl-].[Cl-].[Cl-].[Cl-].[Cl-].[Cl-].[Cl-].[Cl-].[Cl-].[Cl-].[Cl-].[Cl-].[Cl-].[Cl-].[Cl-]. The molecule has 30 heteroatoms. The fourth-order valence-corrected chi connectivity index (χ4v) is 13.3. The van der Waals surface area contributed by atoms with Crippen LogP contribution in [0.2, 0.25) is 19.7 Å². The van der Waals surface area contributed by atoms with Crippen LogP contribution in [-0.2, 0) is 85.1 Å². The minimum Gasteiger partial charge on any atom is -1.00 e. The van der Waals surface area contributed by atoms with Crippen LogP contribution in [0.25, 0.3) is 0 Å². The fourth-order valence-electron chi connectivity index (χ4n) is 1.55. The van der Waals surface area contributed by atoms with Gasteiger partial charge in [0.2, 0.25) is 0 Å². The number of halogens is 20. The molecule has 0 radical (unpaired) electrons. The van der Waals surface area contributed by atoms with Crippen LogP contribution in [0, 0.1) is 0 Å². The zero-order chi connectivity index (χ0) is 20.9. The standard InChI is InChI=1S/2C8H18OP2.20ClH.4Tc/c2*1-7(10(3)4)9-8(2)11(5)6;;;;;;;;;;;;;;;;;;;;;;;;/h2*7-8H,1-2H2,3-6H3;20*1H;;;;/q;;;;;;;;;;;;;;;;;;;;;;4*+5/p-20. The van der Waals surface area contributed by atoms with Gasteiger partial charge in [0, 0.05) is 0 Å². The summed E-state index contributed by atoms with van der Waals surface area (Å²) < 4.78 is 12.2. The Hall–Kier alpha value is 10.0. The van der Waals surface area contributed by atoms with Crippen molar-refractivity contribution >= 4 is 31.7 Å². The zero-order valence-electron chi connectivity index (χ0n) is 24.8. The Balaban J connectivity index is -0.00000000873. The molecule has 0 aromatic heterocycles. The number of ether oxygens (including phenoxy) is 2. The van der Waals surface area contributed by atoms with Gasteiger partial charge in [0.05, 0.1) is 0 Å².